The molecule has 0 aromatic rings. The number of esters is 1. The first-order chi connectivity index (χ1) is 7.86. The van der Waals surface area contributed by atoms with E-state index in [4.69, 9.17) is 4.74 Å². The number of hydrogen-bond acceptors (Lipinski definition) is 3. The highest BCUT2D eigenvalue weighted by Gasteiger charge is 2.65. The van der Waals surface area contributed by atoms with Crippen LogP contribution in [0.1, 0.15) is 39.0 Å². The predicted octanol–water partition coefficient (Wildman–Crippen LogP) is 2.11. The van der Waals surface area contributed by atoms with Gasteiger partial charge in [0.2, 0.25) is 0 Å². The van der Waals surface area contributed by atoms with Gasteiger partial charge in [0.1, 0.15) is 5.60 Å². The number of ether oxygens (including phenoxy) is 1. The van der Waals surface area contributed by atoms with E-state index in [1.54, 1.807) is 6.92 Å². The molecule has 1 N–H and O–H groups in total. The molecule has 1 atom stereocenters. The van der Waals surface area contributed by atoms with E-state index in [9.17, 15) is 9.90 Å². The van der Waals surface area contributed by atoms with Crippen LogP contribution in [0.15, 0.2) is 24.3 Å². The fourth-order valence-corrected chi connectivity index (χ4v) is 4.06. The van der Waals surface area contributed by atoms with Crippen molar-refractivity contribution in [1.82, 2.24) is 0 Å². The molecule has 3 bridgehead atoms. The van der Waals surface area contributed by atoms with Crippen LogP contribution in [0.25, 0.3) is 0 Å². The van der Waals surface area contributed by atoms with Crippen LogP contribution in [-0.4, -0.2) is 22.3 Å². The molecule has 4 aliphatic carbocycles. The van der Waals surface area contributed by atoms with Gasteiger partial charge in [-0.2, -0.15) is 0 Å². The van der Waals surface area contributed by atoms with Crippen molar-refractivity contribution < 1.29 is 14.6 Å². The van der Waals surface area contributed by atoms with E-state index in [1.807, 2.05) is 0 Å². The number of carbonyl (C=O) groups is 1. The fraction of sp³-hybridized carbons (Fsp3) is 0.643. The normalized spacial score (nSPS) is 46.0. The molecule has 0 amide bonds. The van der Waals surface area contributed by atoms with Crippen LogP contribution in [0, 0.1) is 5.41 Å². The number of hydrogen-bond donors (Lipinski definition) is 1. The summed E-state index contributed by atoms with van der Waals surface area (Å²) in [7, 11) is 0. The van der Waals surface area contributed by atoms with Gasteiger partial charge in [-0.25, -0.2) is 4.79 Å². The Hall–Kier alpha value is -1.09. The SMILES string of the molecule is C=C(C)C(=O)OC12CC=CC3(CC(O)(C3)C1)C2. The minimum Gasteiger partial charge on any atom is -0.455 e. The lowest BCUT2D eigenvalue weighted by Gasteiger charge is -2.64. The van der Waals surface area contributed by atoms with Gasteiger partial charge in [-0.05, 0) is 31.6 Å². The third-order valence-corrected chi connectivity index (χ3v) is 4.31. The molecule has 0 radical (unpaired) electrons. The first kappa shape index (κ1) is 11.0. The van der Waals surface area contributed by atoms with Crippen LogP contribution in [0.4, 0.5) is 0 Å². The van der Waals surface area contributed by atoms with Gasteiger partial charge < -0.3 is 9.84 Å². The van der Waals surface area contributed by atoms with Crippen LogP contribution >= 0.6 is 0 Å². The smallest absolute Gasteiger partial charge is 0.333 e. The number of rotatable bonds is 2. The zero-order valence-electron chi connectivity index (χ0n) is 10.2. The second-order valence-electron chi connectivity index (χ2n) is 6.25. The third-order valence-electron chi connectivity index (χ3n) is 4.31. The molecule has 3 heteroatoms. The summed E-state index contributed by atoms with van der Waals surface area (Å²) in [4.78, 5) is 11.7. The molecule has 1 unspecified atom stereocenters. The van der Waals surface area contributed by atoms with Gasteiger partial charge in [-0.3, -0.25) is 0 Å². The van der Waals surface area contributed by atoms with Crippen molar-refractivity contribution in [1.29, 1.82) is 0 Å². The van der Waals surface area contributed by atoms with Crippen LogP contribution < -0.4 is 0 Å². The summed E-state index contributed by atoms with van der Waals surface area (Å²) in [6.07, 6.45) is 8.10. The van der Waals surface area contributed by atoms with Crippen LogP contribution in [0.5, 0.6) is 0 Å². The molecule has 4 aliphatic rings. The second kappa shape index (κ2) is 3.02. The average Bonchev–Trinajstić information content (AvgIpc) is 2.12. The highest BCUT2D eigenvalue weighted by atomic mass is 16.6. The molecule has 4 rings (SSSR count). The molecule has 1 spiro atoms. The number of aliphatic hydroxyl groups is 1. The van der Waals surface area contributed by atoms with Gasteiger partial charge >= 0.3 is 5.97 Å². The second-order valence-corrected chi connectivity index (χ2v) is 6.25. The monoisotopic (exact) mass is 234 g/mol. The molecular formula is C14H18O3. The Kier molecular flexibility index (Phi) is 1.96. The lowest BCUT2D eigenvalue weighted by Crippen LogP contribution is -2.65. The third kappa shape index (κ3) is 1.56. The van der Waals surface area contributed by atoms with E-state index in [0.717, 1.165) is 25.7 Å². The summed E-state index contributed by atoms with van der Waals surface area (Å²) in [6, 6.07) is 0. The maximum absolute atomic E-state index is 11.7. The maximum atomic E-state index is 11.7. The minimum atomic E-state index is -0.613. The Morgan fingerprint density at radius 3 is 2.71 bits per heavy atom. The summed E-state index contributed by atoms with van der Waals surface area (Å²) >= 11 is 0. The van der Waals surface area contributed by atoms with Crippen LogP contribution in [0.3, 0.4) is 0 Å². The quantitative estimate of drug-likeness (QED) is 0.452. The highest BCUT2D eigenvalue weighted by molar-refractivity contribution is 5.87. The van der Waals surface area contributed by atoms with Crippen LogP contribution in [0.2, 0.25) is 0 Å². The summed E-state index contributed by atoms with van der Waals surface area (Å²) in [5.74, 6) is -0.333. The Labute approximate surface area is 101 Å². The molecular weight excluding hydrogens is 216 g/mol. The van der Waals surface area contributed by atoms with Crippen molar-refractivity contribution in [3.05, 3.63) is 24.3 Å². The first-order valence-electron chi connectivity index (χ1n) is 6.15. The molecule has 0 aromatic heterocycles. The van der Waals surface area contributed by atoms with Gasteiger partial charge in [0.25, 0.3) is 0 Å². The number of carbonyl (C=O) groups excluding carboxylic acids is 1. The topological polar surface area (TPSA) is 46.5 Å². The molecule has 3 nitrogen and oxygen atoms in total. The molecule has 3 saturated carbocycles. The van der Waals surface area contributed by atoms with E-state index in [0.29, 0.717) is 12.0 Å². The Morgan fingerprint density at radius 2 is 2.06 bits per heavy atom. The van der Waals surface area contributed by atoms with Crippen molar-refractivity contribution in [3.8, 4) is 0 Å². The van der Waals surface area contributed by atoms with Crippen molar-refractivity contribution in [2.24, 2.45) is 5.41 Å². The molecule has 0 saturated heterocycles. The van der Waals surface area contributed by atoms with Gasteiger partial charge in [0, 0.05) is 18.4 Å². The van der Waals surface area contributed by atoms with Gasteiger partial charge in [-0.1, -0.05) is 18.7 Å². The first-order valence-corrected chi connectivity index (χ1v) is 6.15. The van der Waals surface area contributed by atoms with Crippen molar-refractivity contribution in [2.45, 2.75) is 50.2 Å². The fourth-order valence-electron chi connectivity index (χ4n) is 4.06. The van der Waals surface area contributed by atoms with Crippen molar-refractivity contribution in [3.63, 3.8) is 0 Å². The van der Waals surface area contributed by atoms with E-state index in [2.05, 4.69) is 18.7 Å². The molecule has 0 aromatic carbocycles. The van der Waals surface area contributed by atoms with Crippen molar-refractivity contribution in [2.75, 3.05) is 0 Å². The molecule has 0 aliphatic heterocycles. The minimum absolute atomic E-state index is 0.0839. The Morgan fingerprint density at radius 1 is 1.35 bits per heavy atom. The summed E-state index contributed by atoms with van der Waals surface area (Å²) < 4.78 is 5.62. The summed E-state index contributed by atoms with van der Waals surface area (Å²) in [5.41, 5.74) is -0.594. The van der Waals surface area contributed by atoms with E-state index < -0.39 is 11.2 Å². The highest BCUT2D eigenvalue weighted by Crippen LogP contribution is 2.65. The molecule has 17 heavy (non-hydrogen) atoms. The molecule has 92 valence electrons. The van der Waals surface area contributed by atoms with E-state index in [-0.39, 0.29) is 11.4 Å². The Balaban J connectivity index is 1.86. The number of allylic oxidation sites excluding steroid dienone is 1. The van der Waals surface area contributed by atoms with Gasteiger partial charge in [0.05, 0.1) is 5.60 Å². The van der Waals surface area contributed by atoms with Crippen molar-refractivity contribution >= 4 is 5.97 Å². The predicted molar refractivity (Wildman–Crippen MR) is 63.2 cm³/mol. The summed E-state index contributed by atoms with van der Waals surface area (Å²) in [5, 5.41) is 10.3. The van der Waals surface area contributed by atoms with Gasteiger partial charge in [-0.15, -0.1) is 0 Å². The largest absolute Gasteiger partial charge is 0.455 e. The lowest BCUT2D eigenvalue weighted by molar-refractivity contribution is -0.231. The standard InChI is InChI=1S/C14H18O3/c1-10(2)11(15)17-14-5-3-4-12(8-14)6-13(16,7-12)9-14/h3-4,16H,1,5-9H2,2H3. The average molecular weight is 234 g/mol. The zero-order chi connectivity index (χ0) is 12.3. The van der Waals surface area contributed by atoms with Crippen LogP contribution in [-0.2, 0) is 9.53 Å². The molecule has 3 fully saturated rings. The van der Waals surface area contributed by atoms with E-state index in [1.165, 1.54) is 0 Å². The molecule has 0 heterocycles. The lowest BCUT2D eigenvalue weighted by atomic mass is 9.45. The van der Waals surface area contributed by atoms with E-state index >= 15 is 0 Å². The maximum Gasteiger partial charge on any atom is 0.333 e. The Bertz CT molecular complexity index is 429. The zero-order valence-corrected chi connectivity index (χ0v) is 10.2. The summed E-state index contributed by atoms with van der Waals surface area (Å²) in [6.45, 7) is 5.27. The van der Waals surface area contributed by atoms with Gasteiger partial charge in [0.15, 0.2) is 0 Å².